The molecule has 0 bridgehead atoms. The molecule has 0 aliphatic carbocycles. The van der Waals surface area contributed by atoms with Gasteiger partial charge in [-0.05, 0) is 55.2 Å². The summed E-state index contributed by atoms with van der Waals surface area (Å²) < 4.78 is 5.62. The molecular weight excluding hydrogens is 294 g/mol. The van der Waals surface area contributed by atoms with Gasteiger partial charge in [-0.1, -0.05) is 52.0 Å². The maximum Gasteiger partial charge on any atom is 0.119 e. The molecule has 130 valence electrons. The number of aryl methyl sites for hydroxylation is 1. The standard InChI is InChI=1S/C22H31NO/c1-3-5-6-7-8-9-10-19-11-16-22(23-18-19)20-12-14-21(15-13-20)24-17-4-2/h11-16,18H,3-10,17H2,1-2H3. The van der Waals surface area contributed by atoms with Crippen molar-refractivity contribution in [1.29, 1.82) is 0 Å². The molecule has 2 heteroatoms. The van der Waals surface area contributed by atoms with E-state index in [0.717, 1.165) is 36.5 Å². The number of rotatable bonds is 11. The number of hydrogen-bond donors (Lipinski definition) is 0. The van der Waals surface area contributed by atoms with Crippen LogP contribution >= 0.6 is 0 Å². The van der Waals surface area contributed by atoms with Gasteiger partial charge in [0.2, 0.25) is 0 Å². The van der Waals surface area contributed by atoms with Gasteiger partial charge < -0.3 is 4.74 Å². The normalized spacial score (nSPS) is 10.8. The van der Waals surface area contributed by atoms with Crippen molar-refractivity contribution in [3.63, 3.8) is 0 Å². The monoisotopic (exact) mass is 325 g/mol. The molecule has 2 rings (SSSR count). The number of unbranched alkanes of at least 4 members (excludes halogenated alkanes) is 5. The van der Waals surface area contributed by atoms with Crippen LogP contribution in [0.25, 0.3) is 11.3 Å². The summed E-state index contributed by atoms with van der Waals surface area (Å²) in [5, 5.41) is 0. The Hall–Kier alpha value is -1.83. The van der Waals surface area contributed by atoms with Crippen LogP contribution in [0.1, 0.15) is 64.4 Å². The third-order valence-electron chi connectivity index (χ3n) is 4.27. The average molecular weight is 325 g/mol. The van der Waals surface area contributed by atoms with Gasteiger partial charge >= 0.3 is 0 Å². The number of hydrogen-bond acceptors (Lipinski definition) is 2. The molecule has 0 atom stereocenters. The summed E-state index contributed by atoms with van der Waals surface area (Å²) in [5.74, 6) is 0.931. The maximum atomic E-state index is 5.62. The third kappa shape index (κ3) is 6.35. The second-order valence-corrected chi connectivity index (χ2v) is 6.44. The Bertz CT molecular complexity index is 560. The zero-order chi connectivity index (χ0) is 17.0. The van der Waals surface area contributed by atoms with Gasteiger partial charge in [-0.3, -0.25) is 4.98 Å². The van der Waals surface area contributed by atoms with E-state index in [9.17, 15) is 0 Å². The van der Waals surface area contributed by atoms with E-state index in [2.05, 4.69) is 43.1 Å². The quantitative estimate of drug-likeness (QED) is 0.443. The molecule has 0 saturated heterocycles. The summed E-state index contributed by atoms with van der Waals surface area (Å²) in [4.78, 5) is 4.63. The number of ether oxygens (including phenoxy) is 1. The van der Waals surface area contributed by atoms with Crippen LogP contribution in [-0.4, -0.2) is 11.6 Å². The highest BCUT2D eigenvalue weighted by molar-refractivity contribution is 5.60. The lowest BCUT2D eigenvalue weighted by Gasteiger charge is -2.07. The number of pyridine rings is 1. The van der Waals surface area contributed by atoms with Crippen molar-refractivity contribution in [3.8, 4) is 17.0 Å². The fraction of sp³-hybridized carbons (Fsp3) is 0.500. The largest absolute Gasteiger partial charge is 0.494 e. The van der Waals surface area contributed by atoms with Crippen LogP contribution in [0.5, 0.6) is 5.75 Å². The van der Waals surface area contributed by atoms with Gasteiger partial charge in [0.05, 0.1) is 12.3 Å². The van der Waals surface area contributed by atoms with E-state index in [1.54, 1.807) is 0 Å². The first-order valence-electron chi connectivity index (χ1n) is 9.51. The molecule has 0 unspecified atom stereocenters. The summed E-state index contributed by atoms with van der Waals surface area (Å²) in [6.45, 7) is 5.15. The van der Waals surface area contributed by atoms with E-state index in [0.29, 0.717) is 0 Å². The molecule has 0 spiro atoms. The van der Waals surface area contributed by atoms with E-state index in [4.69, 9.17) is 4.74 Å². The fourth-order valence-electron chi connectivity index (χ4n) is 2.79. The highest BCUT2D eigenvalue weighted by atomic mass is 16.5. The first-order valence-corrected chi connectivity index (χ1v) is 9.51. The van der Waals surface area contributed by atoms with Crippen LogP contribution in [0, 0.1) is 0 Å². The summed E-state index contributed by atoms with van der Waals surface area (Å²) in [5.41, 5.74) is 3.52. The Morgan fingerprint density at radius 2 is 1.54 bits per heavy atom. The lowest BCUT2D eigenvalue weighted by atomic mass is 10.1. The molecule has 1 aromatic heterocycles. The molecule has 0 N–H and O–H groups in total. The minimum absolute atomic E-state index is 0.769. The Morgan fingerprint density at radius 3 is 2.21 bits per heavy atom. The second kappa shape index (κ2) is 10.9. The van der Waals surface area contributed by atoms with E-state index in [1.807, 2.05) is 18.3 Å². The van der Waals surface area contributed by atoms with Crippen molar-refractivity contribution in [2.75, 3.05) is 6.61 Å². The third-order valence-corrected chi connectivity index (χ3v) is 4.27. The zero-order valence-electron chi connectivity index (χ0n) is 15.3. The number of aromatic nitrogens is 1. The Kier molecular flexibility index (Phi) is 8.37. The SMILES string of the molecule is CCCCCCCCc1ccc(-c2ccc(OCCC)cc2)nc1. The van der Waals surface area contributed by atoms with Crippen molar-refractivity contribution in [2.24, 2.45) is 0 Å². The lowest BCUT2D eigenvalue weighted by molar-refractivity contribution is 0.317. The van der Waals surface area contributed by atoms with E-state index in [1.165, 1.54) is 44.1 Å². The number of nitrogens with zero attached hydrogens (tertiary/aromatic N) is 1. The highest BCUT2D eigenvalue weighted by Gasteiger charge is 2.01. The van der Waals surface area contributed by atoms with Crippen LogP contribution in [0.15, 0.2) is 42.6 Å². The Labute approximate surface area is 147 Å². The van der Waals surface area contributed by atoms with E-state index in [-0.39, 0.29) is 0 Å². The zero-order valence-corrected chi connectivity index (χ0v) is 15.3. The van der Waals surface area contributed by atoms with Crippen molar-refractivity contribution in [2.45, 2.75) is 65.2 Å². The van der Waals surface area contributed by atoms with E-state index >= 15 is 0 Å². The van der Waals surface area contributed by atoms with Crippen molar-refractivity contribution in [3.05, 3.63) is 48.2 Å². The maximum absolute atomic E-state index is 5.62. The van der Waals surface area contributed by atoms with Gasteiger partial charge in [-0.2, -0.15) is 0 Å². The molecule has 24 heavy (non-hydrogen) atoms. The topological polar surface area (TPSA) is 22.1 Å². The van der Waals surface area contributed by atoms with Gasteiger partial charge in [0.25, 0.3) is 0 Å². The van der Waals surface area contributed by atoms with Gasteiger partial charge in [0, 0.05) is 11.8 Å². The van der Waals surface area contributed by atoms with E-state index < -0.39 is 0 Å². The molecule has 0 radical (unpaired) electrons. The minimum Gasteiger partial charge on any atom is -0.494 e. The highest BCUT2D eigenvalue weighted by Crippen LogP contribution is 2.21. The summed E-state index contributed by atoms with van der Waals surface area (Å²) >= 11 is 0. The average Bonchev–Trinajstić information content (AvgIpc) is 2.64. The minimum atomic E-state index is 0.769. The Balaban J connectivity index is 1.80. The first-order chi connectivity index (χ1) is 11.8. The summed E-state index contributed by atoms with van der Waals surface area (Å²) in [7, 11) is 0. The lowest BCUT2D eigenvalue weighted by Crippen LogP contribution is -1.94. The fourth-order valence-corrected chi connectivity index (χ4v) is 2.79. The van der Waals surface area contributed by atoms with Crippen LogP contribution < -0.4 is 4.74 Å². The van der Waals surface area contributed by atoms with Crippen molar-refractivity contribution in [1.82, 2.24) is 4.98 Å². The van der Waals surface area contributed by atoms with Crippen molar-refractivity contribution < 1.29 is 4.74 Å². The Morgan fingerprint density at radius 1 is 0.792 bits per heavy atom. The summed E-state index contributed by atoms with van der Waals surface area (Å²) in [6, 6.07) is 12.6. The van der Waals surface area contributed by atoms with Gasteiger partial charge in [0.1, 0.15) is 5.75 Å². The molecule has 0 aliphatic heterocycles. The second-order valence-electron chi connectivity index (χ2n) is 6.44. The van der Waals surface area contributed by atoms with Crippen LogP contribution in [-0.2, 0) is 6.42 Å². The molecule has 2 aromatic rings. The van der Waals surface area contributed by atoms with Gasteiger partial charge in [-0.25, -0.2) is 0 Å². The van der Waals surface area contributed by atoms with Crippen LogP contribution in [0.4, 0.5) is 0 Å². The molecular formula is C22H31NO. The molecule has 1 aromatic carbocycles. The van der Waals surface area contributed by atoms with Crippen molar-refractivity contribution >= 4 is 0 Å². The van der Waals surface area contributed by atoms with Gasteiger partial charge in [0.15, 0.2) is 0 Å². The molecule has 0 amide bonds. The molecule has 0 fully saturated rings. The molecule has 0 saturated carbocycles. The number of benzene rings is 1. The first kappa shape index (κ1) is 18.5. The predicted octanol–water partition coefficient (Wildman–Crippen LogP) is 6.44. The van der Waals surface area contributed by atoms with Crippen LogP contribution in [0.2, 0.25) is 0 Å². The summed E-state index contributed by atoms with van der Waals surface area (Å²) in [6.07, 6.45) is 12.2. The molecule has 1 heterocycles. The smallest absolute Gasteiger partial charge is 0.119 e. The van der Waals surface area contributed by atoms with Crippen LogP contribution in [0.3, 0.4) is 0 Å². The molecule has 0 aliphatic rings. The molecule has 2 nitrogen and oxygen atoms in total. The predicted molar refractivity (Wildman–Crippen MR) is 103 cm³/mol. The van der Waals surface area contributed by atoms with Gasteiger partial charge in [-0.15, -0.1) is 0 Å².